The van der Waals surface area contributed by atoms with Gasteiger partial charge in [-0.3, -0.25) is 4.79 Å². The van der Waals surface area contributed by atoms with E-state index in [1.54, 1.807) is 18.6 Å². The first kappa shape index (κ1) is 22.4. The number of carbonyl (C=O) groups is 1. The van der Waals surface area contributed by atoms with Crippen LogP contribution in [0.1, 0.15) is 17.8 Å². The summed E-state index contributed by atoms with van der Waals surface area (Å²) >= 11 is 0. The van der Waals surface area contributed by atoms with Crippen LogP contribution in [0.2, 0.25) is 0 Å². The van der Waals surface area contributed by atoms with E-state index in [4.69, 9.17) is 5.73 Å². The molecule has 4 aromatic rings. The third-order valence-corrected chi connectivity index (χ3v) is 5.93. The molecule has 5 rings (SSSR count). The zero-order valence-electron chi connectivity index (χ0n) is 17.9. The first-order valence-electron chi connectivity index (χ1n) is 10.6. The molecule has 3 heterocycles. The highest BCUT2D eigenvalue weighted by molar-refractivity contribution is 5.98. The van der Waals surface area contributed by atoms with Crippen LogP contribution < -0.4 is 5.73 Å². The molecule has 2 aromatic carbocycles. The van der Waals surface area contributed by atoms with Crippen molar-refractivity contribution < 1.29 is 4.79 Å². The summed E-state index contributed by atoms with van der Waals surface area (Å²) in [6.45, 7) is 3.28. The molecule has 1 fully saturated rings. The molecular formula is C26H28N6O. The van der Waals surface area contributed by atoms with Crippen LogP contribution >= 0.6 is 0 Å². The summed E-state index contributed by atoms with van der Waals surface area (Å²) in [4.78, 5) is 30.4. The molecule has 2 N–H and O–H groups in total. The maximum Gasteiger partial charge on any atom is 0.253 e. The smallest absolute Gasteiger partial charge is 0.253 e. The topological polar surface area (TPSA) is 88.2 Å². The quantitative estimate of drug-likeness (QED) is 0.519. The molecule has 0 radical (unpaired) electrons. The van der Waals surface area contributed by atoms with Gasteiger partial charge in [-0.25, -0.2) is 15.0 Å². The van der Waals surface area contributed by atoms with Crippen LogP contribution in [0, 0.1) is 0 Å². The van der Waals surface area contributed by atoms with E-state index in [0.717, 1.165) is 59.5 Å². The lowest BCUT2D eigenvalue weighted by Gasteiger charge is -2.32. The van der Waals surface area contributed by atoms with Gasteiger partial charge in [0.25, 0.3) is 5.91 Å². The number of nitrogens with zero attached hydrogens (tertiary/aromatic N) is 5. The van der Waals surface area contributed by atoms with Crippen molar-refractivity contribution in [2.75, 3.05) is 39.0 Å². The van der Waals surface area contributed by atoms with Crippen LogP contribution in [0.4, 0.5) is 5.82 Å². The summed E-state index contributed by atoms with van der Waals surface area (Å²) in [7, 11) is 2.08. The summed E-state index contributed by atoms with van der Waals surface area (Å²) in [5, 5.41) is 0.922. The lowest BCUT2D eigenvalue weighted by molar-refractivity contribution is 0.0664. The Morgan fingerprint density at radius 1 is 0.879 bits per heavy atom. The van der Waals surface area contributed by atoms with E-state index in [0.29, 0.717) is 11.4 Å². The van der Waals surface area contributed by atoms with E-state index in [9.17, 15) is 4.79 Å². The number of rotatable bonds is 3. The first-order chi connectivity index (χ1) is 15.6. The van der Waals surface area contributed by atoms with Crippen molar-refractivity contribution in [1.29, 1.82) is 0 Å². The second-order valence-corrected chi connectivity index (χ2v) is 8.10. The first-order valence-corrected chi connectivity index (χ1v) is 10.6. The van der Waals surface area contributed by atoms with E-state index in [1.807, 2.05) is 47.4 Å². The molecule has 1 aliphatic rings. The number of nitrogens with two attached hydrogens (primary N) is 1. The van der Waals surface area contributed by atoms with Crippen LogP contribution in [-0.2, 0) is 0 Å². The van der Waals surface area contributed by atoms with Gasteiger partial charge in [0, 0.05) is 54.5 Å². The molecule has 0 unspecified atom stereocenters. The van der Waals surface area contributed by atoms with Gasteiger partial charge in [0.1, 0.15) is 12.1 Å². The summed E-state index contributed by atoms with van der Waals surface area (Å²) in [6, 6.07) is 17.5. The zero-order chi connectivity index (χ0) is 22.1. The largest absolute Gasteiger partial charge is 0.384 e. The average molecular weight is 441 g/mol. The number of aromatic nitrogens is 3. The summed E-state index contributed by atoms with van der Waals surface area (Å²) in [5.74, 6) is 0.548. The fourth-order valence-electron chi connectivity index (χ4n) is 4.03. The van der Waals surface area contributed by atoms with Crippen molar-refractivity contribution in [1.82, 2.24) is 24.8 Å². The molecule has 0 spiro atoms. The fourth-order valence-corrected chi connectivity index (χ4v) is 4.03. The van der Waals surface area contributed by atoms with Crippen LogP contribution in [0.5, 0.6) is 0 Å². The van der Waals surface area contributed by atoms with Gasteiger partial charge in [-0.05, 0) is 49.0 Å². The van der Waals surface area contributed by atoms with Crippen LogP contribution in [0.3, 0.4) is 0 Å². The number of piperazine rings is 1. The minimum Gasteiger partial charge on any atom is -0.384 e. The molecular weight excluding hydrogens is 412 g/mol. The minimum atomic E-state index is 0. The Hall–Kier alpha value is -3.84. The van der Waals surface area contributed by atoms with Gasteiger partial charge in [0.15, 0.2) is 0 Å². The van der Waals surface area contributed by atoms with E-state index in [-0.39, 0.29) is 13.3 Å². The molecule has 1 amide bonds. The van der Waals surface area contributed by atoms with E-state index >= 15 is 0 Å². The SMILES string of the molecule is C.CN1CCN(C(=O)c2cccc(-c3ncnc4ccc(-c5ccc(N)nc5)cc34)c2)CC1. The van der Waals surface area contributed by atoms with Gasteiger partial charge in [-0.15, -0.1) is 0 Å². The predicted molar refractivity (Wildman–Crippen MR) is 133 cm³/mol. The summed E-state index contributed by atoms with van der Waals surface area (Å²) in [5.41, 5.74) is 10.9. The number of anilines is 1. The zero-order valence-corrected chi connectivity index (χ0v) is 17.9. The number of carbonyl (C=O) groups excluding carboxylic acids is 1. The third-order valence-electron chi connectivity index (χ3n) is 5.93. The molecule has 0 bridgehead atoms. The summed E-state index contributed by atoms with van der Waals surface area (Å²) in [6.07, 6.45) is 3.33. The Kier molecular flexibility index (Phi) is 6.33. The number of hydrogen-bond acceptors (Lipinski definition) is 6. The normalized spacial score (nSPS) is 14.2. The monoisotopic (exact) mass is 440 g/mol. The third kappa shape index (κ3) is 4.54. The number of amides is 1. The van der Waals surface area contributed by atoms with Crippen LogP contribution in [0.15, 0.2) is 67.1 Å². The van der Waals surface area contributed by atoms with Gasteiger partial charge < -0.3 is 15.5 Å². The fraction of sp³-hybridized carbons (Fsp3) is 0.231. The number of nitrogen functional groups attached to an aromatic ring is 1. The molecule has 7 nitrogen and oxygen atoms in total. The lowest BCUT2D eigenvalue weighted by atomic mass is 10.00. The van der Waals surface area contributed by atoms with Crippen molar-refractivity contribution in [2.24, 2.45) is 0 Å². The van der Waals surface area contributed by atoms with Gasteiger partial charge in [-0.2, -0.15) is 0 Å². The lowest BCUT2D eigenvalue weighted by Crippen LogP contribution is -2.47. The number of likely N-dealkylation sites (N-methyl/N-ethyl adjacent to an activating group) is 1. The van der Waals surface area contributed by atoms with Crippen molar-refractivity contribution in [3.63, 3.8) is 0 Å². The van der Waals surface area contributed by atoms with Gasteiger partial charge in [0.2, 0.25) is 0 Å². The van der Waals surface area contributed by atoms with Crippen molar-refractivity contribution >= 4 is 22.6 Å². The Labute approximate surface area is 193 Å². The Morgan fingerprint density at radius 3 is 2.42 bits per heavy atom. The van der Waals surface area contributed by atoms with Gasteiger partial charge in [-0.1, -0.05) is 25.6 Å². The molecule has 1 aliphatic heterocycles. The Balaban J connectivity index is 0.00000259. The van der Waals surface area contributed by atoms with E-state index in [2.05, 4.69) is 33.0 Å². The minimum absolute atomic E-state index is 0. The van der Waals surface area contributed by atoms with E-state index in [1.165, 1.54) is 0 Å². The number of fused-ring (bicyclic) bond motifs is 1. The molecule has 0 atom stereocenters. The second-order valence-electron chi connectivity index (χ2n) is 8.10. The van der Waals surface area contributed by atoms with Gasteiger partial charge in [0.05, 0.1) is 11.2 Å². The maximum absolute atomic E-state index is 13.1. The van der Waals surface area contributed by atoms with Crippen LogP contribution in [-0.4, -0.2) is 63.9 Å². The highest BCUT2D eigenvalue weighted by Gasteiger charge is 2.21. The highest BCUT2D eigenvalue weighted by atomic mass is 16.2. The molecule has 168 valence electrons. The van der Waals surface area contributed by atoms with E-state index < -0.39 is 0 Å². The molecule has 7 heteroatoms. The maximum atomic E-state index is 13.1. The predicted octanol–water partition coefficient (Wildman–Crippen LogP) is 3.96. The second kappa shape index (κ2) is 9.34. The molecule has 1 saturated heterocycles. The molecule has 0 aliphatic carbocycles. The highest BCUT2D eigenvalue weighted by Crippen LogP contribution is 2.30. The standard InChI is InChI=1S/C25H24N6O.CH4/c1-30-9-11-31(12-10-30)25(32)19-4-2-3-18(13-19)24-21-14-17(5-7-22(21)28-16-29-24)20-6-8-23(26)27-15-20;/h2-8,13-16H,9-12H2,1H3,(H2,26,27);1H4. The average Bonchev–Trinajstić information content (AvgIpc) is 2.84. The Morgan fingerprint density at radius 2 is 1.67 bits per heavy atom. The summed E-state index contributed by atoms with van der Waals surface area (Å²) < 4.78 is 0. The number of pyridine rings is 1. The molecule has 0 saturated carbocycles. The Bertz CT molecular complexity index is 1280. The van der Waals surface area contributed by atoms with Crippen molar-refractivity contribution in [2.45, 2.75) is 7.43 Å². The molecule has 2 aromatic heterocycles. The number of hydrogen-bond donors (Lipinski definition) is 1. The van der Waals surface area contributed by atoms with Crippen LogP contribution in [0.25, 0.3) is 33.3 Å². The van der Waals surface area contributed by atoms with Gasteiger partial charge >= 0.3 is 0 Å². The van der Waals surface area contributed by atoms with Crippen molar-refractivity contribution in [3.05, 3.63) is 72.7 Å². The molecule has 33 heavy (non-hydrogen) atoms. The van der Waals surface area contributed by atoms with Crippen molar-refractivity contribution in [3.8, 4) is 22.4 Å². The number of benzene rings is 2.